The number of hydrogen-bond acceptors (Lipinski definition) is 4. The predicted molar refractivity (Wildman–Crippen MR) is 86.9 cm³/mol. The van der Waals surface area contributed by atoms with E-state index in [1.165, 1.54) is 0 Å². The summed E-state index contributed by atoms with van der Waals surface area (Å²) in [5.41, 5.74) is 0. The predicted octanol–water partition coefficient (Wildman–Crippen LogP) is 3.85. The third-order valence-corrected chi connectivity index (χ3v) is 6.11. The Labute approximate surface area is 129 Å². The van der Waals surface area contributed by atoms with Gasteiger partial charge in [0.1, 0.15) is 5.76 Å². The Morgan fingerprint density at radius 2 is 2.30 bits per heavy atom. The zero-order chi connectivity index (χ0) is 14.4. The number of furan rings is 1. The lowest BCUT2D eigenvalue weighted by atomic mass is 10.0. The molecule has 0 N–H and O–H groups in total. The van der Waals surface area contributed by atoms with Crippen molar-refractivity contribution in [2.45, 2.75) is 37.8 Å². The van der Waals surface area contributed by atoms with Crippen LogP contribution in [0.2, 0.25) is 0 Å². The van der Waals surface area contributed by atoms with E-state index in [9.17, 15) is 4.79 Å². The van der Waals surface area contributed by atoms with Crippen molar-refractivity contribution in [3.63, 3.8) is 0 Å². The van der Waals surface area contributed by atoms with Crippen molar-refractivity contribution < 1.29 is 9.21 Å². The standard InChI is InChI=1S/C15H23NO2S2/c1-3-12(4-2)15-16(14(17)11-20-15)7-9-19-10-13-6-5-8-18-13/h5-6,8,12,15H,3-4,7,9-11H2,1-2H3. The van der Waals surface area contributed by atoms with Gasteiger partial charge in [0.2, 0.25) is 5.91 Å². The van der Waals surface area contributed by atoms with Crippen LogP contribution < -0.4 is 0 Å². The van der Waals surface area contributed by atoms with E-state index in [-0.39, 0.29) is 0 Å². The highest BCUT2D eigenvalue weighted by atomic mass is 32.2. The van der Waals surface area contributed by atoms with Crippen LogP contribution in [-0.2, 0) is 10.5 Å². The minimum atomic E-state index is 0.311. The van der Waals surface area contributed by atoms with E-state index in [1.54, 1.807) is 6.26 Å². The molecule has 3 nitrogen and oxygen atoms in total. The Morgan fingerprint density at radius 3 is 2.95 bits per heavy atom. The molecule has 0 aliphatic carbocycles. The first kappa shape index (κ1) is 15.8. The molecule has 1 amide bonds. The van der Waals surface area contributed by atoms with Crippen LogP contribution in [0.3, 0.4) is 0 Å². The molecule has 0 bridgehead atoms. The smallest absolute Gasteiger partial charge is 0.233 e. The van der Waals surface area contributed by atoms with Gasteiger partial charge in [-0.1, -0.05) is 26.7 Å². The van der Waals surface area contributed by atoms with Gasteiger partial charge in [-0.15, -0.1) is 11.8 Å². The fraction of sp³-hybridized carbons (Fsp3) is 0.667. The summed E-state index contributed by atoms with van der Waals surface area (Å²) in [5.74, 6) is 4.46. The monoisotopic (exact) mass is 313 g/mol. The number of carbonyl (C=O) groups excluding carboxylic acids is 1. The Kier molecular flexibility index (Phi) is 6.36. The molecule has 0 spiro atoms. The number of amides is 1. The van der Waals surface area contributed by atoms with E-state index in [2.05, 4.69) is 18.7 Å². The summed E-state index contributed by atoms with van der Waals surface area (Å²) < 4.78 is 5.32. The number of nitrogens with zero attached hydrogens (tertiary/aromatic N) is 1. The van der Waals surface area contributed by atoms with Gasteiger partial charge in [-0.05, 0) is 18.1 Å². The molecule has 5 heteroatoms. The highest BCUT2D eigenvalue weighted by molar-refractivity contribution is 8.01. The molecule has 20 heavy (non-hydrogen) atoms. The lowest BCUT2D eigenvalue weighted by Gasteiger charge is -2.29. The lowest BCUT2D eigenvalue weighted by Crippen LogP contribution is -2.38. The molecule has 1 aromatic heterocycles. The topological polar surface area (TPSA) is 33.5 Å². The summed E-state index contributed by atoms with van der Waals surface area (Å²) in [7, 11) is 0. The highest BCUT2D eigenvalue weighted by Crippen LogP contribution is 2.34. The molecule has 112 valence electrons. The molecule has 0 radical (unpaired) electrons. The van der Waals surface area contributed by atoms with Gasteiger partial charge in [0.15, 0.2) is 0 Å². The van der Waals surface area contributed by atoms with Crippen LogP contribution in [0.1, 0.15) is 32.4 Å². The summed E-state index contributed by atoms with van der Waals surface area (Å²) in [4.78, 5) is 14.1. The molecule has 1 saturated heterocycles. The van der Waals surface area contributed by atoms with E-state index in [0.29, 0.717) is 23.0 Å². The minimum Gasteiger partial charge on any atom is -0.468 e. The first-order valence-electron chi connectivity index (χ1n) is 7.27. The van der Waals surface area contributed by atoms with E-state index in [0.717, 1.165) is 36.7 Å². The maximum atomic E-state index is 12.0. The molecular weight excluding hydrogens is 290 g/mol. The van der Waals surface area contributed by atoms with Crippen LogP contribution in [0, 0.1) is 5.92 Å². The molecule has 1 aromatic rings. The summed E-state index contributed by atoms with van der Waals surface area (Å²) >= 11 is 3.65. The quantitative estimate of drug-likeness (QED) is 0.683. The van der Waals surface area contributed by atoms with Crippen molar-refractivity contribution in [1.82, 2.24) is 4.90 Å². The van der Waals surface area contributed by atoms with E-state index in [1.807, 2.05) is 35.7 Å². The average molecular weight is 313 g/mol. The van der Waals surface area contributed by atoms with E-state index >= 15 is 0 Å². The SMILES string of the molecule is CCC(CC)C1SCC(=O)N1CCSCc1ccco1. The van der Waals surface area contributed by atoms with Crippen molar-refractivity contribution in [3.05, 3.63) is 24.2 Å². The minimum absolute atomic E-state index is 0.311. The molecule has 0 aromatic carbocycles. The first-order valence-corrected chi connectivity index (χ1v) is 9.47. The second-order valence-corrected chi connectivity index (χ2v) is 7.21. The first-order chi connectivity index (χ1) is 9.76. The van der Waals surface area contributed by atoms with Crippen molar-refractivity contribution in [2.24, 2.45) is 5.92 Å². The van der Waals surface area contributed by atoms with Crippen molar-refractivity contribution in [1.29, 1.82) is 0 Å². The maximum Gasteiger partial charge on any atom is 0.233 e. The van der Waals surface area contributed by atoms with Gasteiger partial charge in [0.05, 0.1) is 23.1 Å². The molecule has 2 rings (SSSR count). The Morgan fingerprint density at radius 1 is 1.50 bits per heavy atom. The third-order valence-electron chi connectivity index (χ3n) is 3.76. The van der Waals surface area contributed by atoms with Crippen molar-refractivity contribution in [3.8, 4) is 0 Å². The van der Waals surface area contributed by atoms with Gasteiger partial charge in [-0.25, -0.2) is 0 Å². The van der Waals surface area contributed by atoms with Gasteiger partial charge in [-0.2, -0.15) is 11.8 Å². The van der Waals surface area contributed by atoms with Gasteiger partial charge in [-0.3, -0.25) is 4.79 Å². The second-order valence-electron chi connectivity index (χ2n) is 5.00. The normalized spacial score (nSPS) is 19.2. The van der Waals surface area contributed by atoms with Crippen LogP contribution in [0.5, 0.6) is 0 Å². The zero-order valence-electron chi connectivity index (χ0n) is 12.2. The molecule has 1 fully saturated rings. The van der Waals surface area contributed by atoms with E-state index < -0.39 is 0 Å². The van der Waals surface area contributed by atoms with Crippen molar-refractivity contribution in [2.75, 3.05) is 18.1 Å². The summed E-state index contributed by atoms with van der Waals surface area (Å²) in [6.07, 6.45) is 4.01. The van der Waals surface area contributed by atoms with Gasteiger partial charge in [0, 0.05) is 12.3 Å². The lowest BCUT2D eigenvalue weighted by molar-refractivity contribution is -0.128. The molecule has 0 saturated carbocycles. The van der Waals surface area contributed by atoms with Crippen LogP contribution in [-0.4, -0.2) is 34.2 Å². The summed E-state index contributed by atoms with van der Waals surface area (Å²) in [6.45, 7) is 5.31. The molecule has 1 aliphatic rings. The van der Waals surface area contributed by atoms with Gasteiger partial charge in [0.25, 0.3) is 0 Å². The zero-order valence-corrected chi connectivity index (χ0v) is 13.8. The van der Waals surface area contributed by atoms with Gasteiger partial charge < -0.3 is 9.32 Å². The largest absolute Gasteiger partial charge is 0.468 e. The Bertz CT molecular complexity index is 404. The summed E-state index contributed by atoms with van der Waals surface area (Å²) in [5, 5.41) is 0.390. The Hall–Kier alpha value is -0.550. The fourth-order valence-corrected chi connectivity index (χ4v) is 4.91. The number of hydrogen-bond donors (Lipinski definition) is 0. The highest BCUT2D eigenvalue weighted by Gasteiger charge is 2.35. The number of rotatable bonds is 8. The summed E-state index contributed by atoms with van der Waals surface area (Å²) in [6, 6.07) is 3.91. The molecule has 1 aliphatic heterocycles. The molecule has 1 unspecified atom stereocenters. The average Bonchev–Trinajstić information content (AvgIpc) is 3.08. The van der Waals surface area contributed by atoms with Gasteiger partial charge >= 0.3 is 0 Å². The fourth-order valence-electron chi connectivity index (χ4n) is 2.54. The third kappa shape index (κ3) is 3.98. The molecule has 2 heterocycles. The maximum absolute atomic E-state index is 12.0. The van der Waals surface area contributed by atoms with Crippen molar-refractivity contribution >= 4 is 29.4 Å². The van der Waals surface area contributed by atoms with Crippen LogP contribution >= 0.6 is 23.5 Å². The molecular formula is C15H23NO2S2. The number of thioether (sulfide) groups is 2. The number of carbonyl (C=O) groups is 1. The van der Waals surface area contributed by atoms with E-state index in [4.69, 9.17) is 4.42 Å². The van der Waals surface area contributed by atoms with Crippen LogP contribution in [0.4, 0.5) is 0 Å². The second kappa shape index (κ2) is 8.03. The van der Waals surface area contributed by atoms with Crippen LogP contribution in [0.25, 0.3) is 0 Å². The molecule has 1 atom stereocenters. The van der Waals surface area contributed by atoms with Crippen LogP contribution in [0.15, 0.2) is 22.8 Å². The Balaban J connectivity index is 1.78.